The number of methoxy groups -OCH3 is 1. The second-order valence-electron chi connectivity index (χ2n) is 12.1. The highest BCUT2D eigenvalue weighted by molar-refractivity contribution is 6.10. The minimum atomic E-state index is -1.05. The van der Waals surface area contributed by atoms with Crippen LogP contribution in [0.15, 0.2) is 54.7 Å². The van der Waals surface area contributed by atoms with Gasteiger partial charge < -0.3 is 29.1 Å². The summed E-state index contributed by atoms with van der Waals surface area (Å²) in [6, 6.07) is 9.28. The van der Waals surface area contributed by atoms with E-state index in [1.165, 1.54) is 6.08 Å². The second kappa shape index (κ2) is 11.1. The number of nitrogens with one attached hydrogen (secondary N) is 2. The lowest BCUT2D eigenvalue weighted by atomic mass is 9.98. The summed E-state index contributed by atoms with van der Waals surface area (Å²) in [6.45, 7) is 4.79. The van der Waals surface area contributed by atoms with Crippen molar-refractivity contribution in [2.45, 2.75) is 38.6 Å². The first-order valence-corrected chi connectivity index (χ1v) is 15.1. The lowest BCUT2D eigenvalue weighted by Gasteiger charge is -2.20. The molecule has 3 aromatic heterocycles. The zero-order valence-electron chi connectivity index (χ0n) is 26.0. The number of aromatic nitrogens is 3. The fraction of sp³-hybridized carbons (Fsp3) is 0.286. The molecule has 5 aromatic rings. The quantitative estimate of drug-likeness (QED) is 0.165. The molecule has 1 saturated carbocycles. The van der Waals surface area contributed by atoms with Crippen LogP contribution >= 0.6 is 0 Å². The Hall–Kier alpha value is -5.03. The van der Waals surface area contributed by atoms with Gasteiger partial charge in [0.05, 0.1) is 36.0 Å². The van der Waals surface area contributed by atoms with E-state index < -0.39 is 29.0 Å². The molecule has 46 heavy (non-hydrogen) atoms. The maximum Gasteiger partial charge on any atom is 0.248 e. The Morgan fingerprint density at radius 1 is 1.17 bits per heavy atom. The number of pyridine rings is 1. The highest BCUT2D eigenvalue weighted by atomic mass is 19.1. The Kier molecular flexibility index (Phi) is 7.16. The number of carbonyl (C=O) groups excluding carboxylic acids is 2. The number of amides is 1. The molecule has 9 nitrogen and oxygen atoms in total. The van der Waals surface area contributed by atoms with Gasteiger partial charge in [-0.05, 0) is 56.5 Å². The lowest BCUT2D eigenvalue weighted by Crippen LogP contribution is -2.27. The van der Waals surface area contributed by atoms with Gasteiger partial charge in [-0.1, -0.05) is 12.1 Å². The minimum Gasteiger partial charge on any atom is -0.496 e. The SMILES string of the molecule is COc1cc2c(nc(C)n2C)c2c1-c1cccn3c(C(=O)c4cc(F)c(NC(=O)/C=C/CNC5(C)CC5)c(F)c4)cc(c13)CCO2. The summed E-state index contributed by atoms with van der Waals surface area (Å²) in [6.07, 6.45) is 7.20. The summed E-state index contributed by atoms with van der Waals surface area (Å²) in [5.74, 6) is -1.33. The molecule has 0 unspecified atom stereocenters. The molecule has 0 radical (unpaired) electrons. The van der Waals surface area contributed by atoms with Crippen molar-refractivity contribution in [3.63, 3.8) is 0 Å². The standard InChI is InChI=1S/C35H33F2N5O4/c1-19-39-31-25(41(19)3)18-27(45-4)29-22-7-6-13-42-26(17-20(32(22)42)9-14-46-34(29)31)33(44)21-15-23(36)30(24(37)16-21)40-28(43)8-5-12-38-35(2)10-11-35/h5-8,13,15-18,38H,9-12,14H2,1-4H3,(H,40,43)/b8-5+. The fourth-order valence-corrected chi connectivity index (χ4v) is 6.08. The minimum absolute atomic E-state index is 0.0991. The van der Waals surface area contributed by atoms with Gasteiger partial charge in [0.15, 0.2) is 5.75 Å². The number of fused-ring (bicyclic) bond motifs is 4. The molecule has 2 N–H and O–H groups in total. The van der Waals surface area contributed by atoms with Crippen molar-refractivity contribution >= 4 is 33.9 Å². The van der Waals surface area contributed by atoms with Crippen LogP contribution in [0.2, 0.25) is 0 Å². The number of imidazole rings is 1. The number of nitrogens with zero attached hydrogens (tertiary/aromatic N) is 3. The van der Waals surface area contributed by atoms with Crippen molar-refractivity contribution < 1.29 is 27.8 Å². The van der Waals surface area contributed by atoms with Crippen LogP contribution < -0.4 is 20.1 Å². The van der Waals surface area contributed by atoms with Gasteiger partial charge in [0, 0.05) is 55.0 Å². The zero-order valence-corrected chi connectivity index (χ0v) is 26.0. The van der Waals surface area contributed by atoms with Crippen molar-refractivity contribution in [3.8, 4) is 22.6 Å². The number of ketones is 1. The number of carbonyl (C=O) groups is 2. The van der Waals surface area contributed by atoms with E-state index >= 15 is 8.78 Å². The molecule has 0 spiro atoms. The number of rotatable bonds is 8. The highest BCUT2D eigenvalue weighted by Crippen LogP contribution is 2.47. The third-order valence-corrected chi connectivity index (χ3v) is 9.00. The average molecular weight is 626 g/mol. The van der Waals surface area contributed by atoms with E-state index in [-0.39, 0.29) is 16.8 Å². The second-order valence-corrected chi connectivity index (χ2v) is 12.1. The van der Waals surface area contributed by atoms with E-state index in [1.807, 2.05) is 30.7 Å². The van der Waals surface area contributed by atoms with Gasteiger partial charge in [-0.3, -0.25) is 9.59 Å². The van der Waals surface area contributed by atoms with Gasteiger partial charge in [-0.2, -0.15) is 0 Å². The maximum absolute atomic E-state index is 15.2. The summed E-state index contributed by atoms with van der Waals surface area (Å²) < 4.78 is 46.2. The highest BCUT2D eigenvalue weighted by Gasteiger charge is 2.36. The zero-order chi connectivity index (χ0) is 32.3. The monoisotopic (exact) mass is 625 g/mol. The molecule has 1 fully saturated rings. The number of hydrogen-bond acceptors (Lipinski definition) is 6. The van der Waals surface area contributed by atoms with Gasteiger partial charge in [0.25, 0.3) is 0 Å². The Balaban J connectivity index is 1.24. The third-order valence-electron chi connectivity index (χ3n) is 9.00. The van der Waals surface area contributed by atoms with Crippen molar-refractivity contribution in [3.05, 3.63) is 89.0 Å². The summed E-state index contributed by atoms with van der Waals surface area (Å²) >= 11 is 0. The van der Waals surface area contributed by atoms with Gasteiger partial charge in [-0.15, -0.1) is 0 Å². The van der Waals surface area contributed by atoms with E-state index in [4.69, 9.17) is 14.5 Å². The maximum atomic E-state index is 15.2. The number of aryl methyl sites for hydroxylation is 2. The van der Waals surface area contributed by atoms with Crippen LogP contribution in [0, 0.1) is 18.6 Å². The van der Waals surface area contributed by atoms with E-state index in [0.29, 0.717) is 42.2 Å². The van der Waals surface area contributed by atoms with Crippen LogP contribution in [-0.2, 0) is 18.3 Å². The van der Waals surface area contributed by atoms with Crippen LogP contribution in [0.3, 0.4) is 0 Å². The predicted molar refractivity (Wildman–Crippen MR) is 171 cm³/mol. The number of anilines is 1. The van der Waals surface area contributed by atoms with Crippen molar-refractivity contribution in [1.82, 2.24) is 19.3 Å². The van der Waals surface area contributed by atoms with Crippen LogP contribution in [-0.4, -0.2) is 51.4 Å². The summed E-state index contributed by atoms with van der Waals surface area (Å²) in [5, 5.41) is 5.55. The summed E-state index contributed by atoms with van der Waals surface area (Å²) in [7, 11) is 3.52. The molecule has 11 heteroatoms. The lowest BCUT2D eigenvalue weighted by molar-refractivity contribution is -0.112. The summed E-state index contributed by atoms with van der Waals surface area (Å²) in [4.78, 5) is 30.9. The third kappa shape index (κ3) is 5.00. The average Bonchev–Trinajstić information content (AvgIpc) is 3.54. The largest absolute Gasteiger partial charge is 0.496 e. The molecule has 1 aliphatic carbocycles. The molecule has 2 aliphatic rings. The molecular formula is C35H33F2N5O4. The first-order valence-electron chi connectivity index (χ1n) is 15.1. The molecule has 0 atom stereocenters. The van der Waals surface area contributed by atoms with Crippen molar-refractivity contribution in [2.24, 2.45) is 7.05 Å². The van der Waals surface area contributed by atoms with Gasteiger partial charge >= 0.3 is 0 Å². The van der Waals surface area contributed by atoms with E-state index in [1.54, 1.807) is 35.9 Å². The molecule has 1 aliphatic heterocycles. The molecule has 0 bridgehead atoms. The smallest absolute Gasteiger partial charge is 0.248 e. The van der Waals surface area contributed by atoms with Crippen LogP contribution in [0.1, 0.15) is 47.2 Å². The Morgan fingerprint density at radius 3 is 2.65 bits per heavy atom. The molecular weight excluding hydrogens is 592 g/mol. The molecule has 1 amide bonds. The van der Waals surface area contributed by atoms with Gasteiger partial charge in [0.2, 0.25) is 11.7 Å². The first kappa shape index (κ1) is 29.7. The predicted octanol–water partition coefficient (Wildman–Crippen LogP) is 5.89. The van der Waals surface area contributed by atoms with Crippen LogP contribution in [0.25, 0.3) is 27.7 Å². The van der Waals surface area contributed by atoms with Crippen LogP contribution in [0.4, 0.5) is 14.5 Å². The van der Waals surface area contributed by atoms with E-state index in [0.717, 1.165) is 53.0 Å². The van der Waals surface area contributed by atoms with E-state index in [9.17, 15) is 9.59 Å². The number of benzene rings is 2. The van der Waals surface area contributed by atoms with Crippen LogP contribution in [0.5, 0.6) is 11.5 Å². The normalized spacial score (nSPS) is 15.0. The molecule has 236 valence electrons. The van der Waals surface area contributed by atoms with Gasteiger partial charge in [-0.25, -0.2) is 13.8 Å². The Morgan fingerprint density at radius 2 is 1.93 bits per heavy atom. The topological polar surface area (TPSA) is 98.9 Å². The number of ether oxygens (including phenoxy) is 2. The van der Waals surface area contributed by atoms with Crippen molar-refractivity contribution in [1.29, 1.82) is 0 Å². The molecule has 4 heterocycles. The Labute approximate surface area is 263 Å². The molecule has 7 rings (SSSR count). The first-order chi connectivity index (χ1) is 22.1. The van der Waals surface area contributed by atoms with Gasteiger partial charge in [0.1, 0.15) is 34.4 Å². The molecule has 2 aromatic carbocycles. The summed E-state index contributed by atoms with van der Waals surface area (Å²) in [5.41, 5.74) is 4.21. The molecule has 0 saturated heterocycles. The van der Waals surface area contributed by atoms with Crippen molar-refractivity contribution in [2.75, 3.05) is 25.6 Å². The Bertz CT molecular complexity index is 2080. The fourth-order valence-electron chi connectivity index (χ4n) is 6.08. The number of halogens is 2. The van der Waals surface area contributed by atoms with E-state index in [2.05, 4.69) is 17.6 Å². The number of hydrogen-bond donors (Lipinski definition) is 2.